The quantitative estimate of drug-likeness (QED) is 0.333. The van der Waals surface area contributed by atoms with Crippen molar-refractivity contribution in [3.05, 3.63) is 52.7 Å². The number of nitrogens with zero attached hydrogens (tertiary/aromatic N) is 2. The fourth-order valence-corrected chi connectivity index (χ4v) is 5.30. The van der Waals surface area contributed by atoms with Gasteiger partial charge in [0.15, 0.2) is 0 Å². The molecule has 2 N–H and O–H groups in total. The molecule has 0 saturated carbocycles. The molecule has 8 heteroatoms. The van der Waals surface area contributed by atoms with Crippen LogP contribution in [0, 0.1) is 0 Å². The van der Waals surface area contributed by atoms with E-state index >= 15 is 0 Å². The summed E-state index contributed by atoms with van der Waals surface area (Å²) in [4.78, 5) is 19.2. The number of nitrogens with one attached hydrogen (secondary N) is 1. The standard InChI is InChI=1S/C30H43N3O5/c1-21(2)38-20-22-10-13-27(36-3)26(18-22)28(30(34)35)33-16-14-25(19-33)37-17-6-4-5-9-24-12-11-23-8-7-15-31-29(23)32-24/h10-13,18,21,25,28H,4-9,14-17,19-20H2,1-3H3,(H,31,32)(H,34,35)/t25-,28-/m1/s1. The zero-order chi connectivity index (χ0) is 26.9. The molecule has 1 aromatic heterocycles. The van der Waals surface area contributed by atoms with E-state index in [0.29, 0.717) is 37.6 Å². The Balaban J connectivity index is 1.23. The van der Waals surface area contributed by atoms with Gasteiger partial charge in [-0.05, 0) is 81.7 Å². The van der Waals surface area contributed by atoms with Crippen LogP contribution in [-0.2, 0) is 33.7 Å². The van der Waals surface area contributed by atoms with Crippen LogP contribution in [0.2, 0.25) is 0 Å². The number of pyridine rings is 1. The Hall–Kier alpha value is -2.68. The third-order valence-corrected chi connectivity index (χ3v) is 7.33. The number of aliphatic carboxylic acids is 1. The van der Waals surface area contributed by atoms with Gasteiger partial charge in [0.05, 0.1) is 25.9 Å². The molecule has 2 atom stereocenters. The fraction of sp³-hybridized carbons (Fsp3) is 0.600. The molecule has 1 saturated heterocycles. The second kappa shape index (κ2) is 13.9. The van der Waals surface area contributed by atoms with Crippen molar-refractivity contribution in [2.75, 3.05) is 38.7 Å². The summed E-state index contributed by atoms with van der Waals surface area (Å²) in [6, 6.07) is 9.27. The van der Waals surface area contributed by atoms with E-state index in [9.17, 15) is 9.90 Å². The van der Waals surface area contributed by atoms with Gasteiger partial charge in [0, 0.05) is 37.5 Å². The summed E-state index contributed by atoms with van der Waals surface area (Å²) in [6.45, 7) is 7.39. The summed E-state index contributed by atoms with van der Waals surface area (Å²) in [7, 11) is 1.58. The minimum absolute atomic E-state index is 0.0451. The second-order valence-electron chi connectivity index (χ2n) is 10.6. The number of hydrogen-bond donors (Lipinski definition) is 2. The van der Waals surface area contributed by atoms with Crippen molar-refractivity contribution in [2.45, 2.75) is 83.6 Å². The largest absolute Gasteiger partial charge is 0.496 e. The number of carboxylic acids is 1. The number of aromatic nitrogens is 1. The molecule has 3 heterocycles. The first-order valence-electron chi connectivity index (χ1n) is 14.0. The molecule has 0 amide bonds. The highest BCUT2D eigenvalue weighted by atomic mass is 16.5. The lowest BCUT2D eigenvalue weighted by Crippen LogP contribution is -2.34. The lowest BCUT2D eigenvalue weighted by atomic mass is 10.0. The highest BCUT2D eigenvalue weighted by Gasteiger charge is 2.35. The van der Waals surface area contributed by atoms with Gasteiger partial charge in [-0.3, -0.25) is 9.69 Å². The Labute approximate surface area is 226 Å². The van der Waals surface area contributed by atoms with E-state index in [2.05, 4.69) is 17.4 Å². The molecule has 0 spiro atoms. The maximum atomic E-state index is 12.4. The minimum Gasteiger partial charge on any atom is -0.496 e. The number of anilines is 1. The number of fused-ring (bicyclic) bond motifs is 1. The van der Waals surface area contributed by atoms with E-state index in [1.807, 2.05) is 36.9 Å². The molecule has 0 unspecified atom stereocenters. The number of likely N-dealkylation sites (tertiary alicyclic amines) is 1. The molecule has 38 heavy (non-hydrogen) atoms. The summed E-state index contributed by atoms with van der Waals surface area (Å²) >= 11 is 0. The number of benzene rings is 1. The predicted octanol–water partition coefficient (Wildman–Crippen LogP) is 5.00. The van der Waals surface area contributed by atoms with Crippen molar-refractivity contribution in [1.29, 1.82) is 0 Å². The van der Waals surface area contributed by atoms with Gasteiger partial charge in [-0.15, -0.1) is 0 Å². The van der Waals surface area contributed by atoms with Gasteiger partial charge in [-0.25, -0.2) is 4.98 Å². The molecular formula is C30H43N3O5. The summed E-state index contributed by atoms with van der Waals surface area (Å²) in [5.41, 5.74) is 4.09. The topological polar surface area (TPSA) is 93.2 Å². The smallest absolute Gasteiger partial charge is 0.325 e. The van der Waals surface area contributed by atoms with Crippen molar-refractivity contribution in [2.24, 2.45) is 0 Å². The van der Waals surface area contributed by atoms with Crippen molar-refractivity contribution in [3.8, 4) is 5.75 Å². The van der Waals surface area contributed by atoms with Crippen molar-refractivity contribution >= 4 is 11.8 Å². The zero-order valence-electron chi connectivity index (χ0n) is 23.1. The van der Waals surface area contributed by atoms with E-state index in [4.69, 9.17) is 19.2 Å². The maximum absolute atomic E-state index is 12.4. The minimum atomic E-state index is -0.878. The van der Waals surface area contributed by atoms with E-state index < -0.39 is 12.0 Å². The van der Waals surface area contributed by atoms with E-state index in [0.717, 1.165) is 62.1 Å². The molecule has 8 nitrogen and oxygen atoms in total. The van der Waals surface area contributed by atoms with Crippen LogP contribution in [0.1, 0.15) is 74.4 Å². The maximum Gasteiger partial charge on any atom is 0.325 e. The lowest BCUT2D eigenvalue weighted by molar-refractivity contribution is -0.143. The van der Waals surface area contributed by atoms with Gasteiger partial charge < -0.3 is 24.6 Å². The molecule has 4 rings (SSSR count). The zero-order valence-corrected chi connectivity index (χ0v) is 23.1. The molecule has 1 aromatic carbocycles. The van der Waals surface area contributed by atoms with Gasteiger partial charge in [-0.2, -0.15) is 0 Å². The Morgan fingerprint density at radius 3 is 2.87 bits per heavy atom. The number of aryl methyl sites for hydroxylation is 2. The van der Waals surface area contributed by atoms with Crippen LogP contribution in [0.3, 0.4) is 0 Å². The normalized spacial score (nSPS) is 18.3. The molecule has 2 aliphatic rings. The number of unbranched alkanes of at least 4 members (excludes halogenated alkanes) is 2. The SMILES string of the molecule is COc1ccc(COC(C)C)cc1[C@H](C(=O)O)N1CC[C@@H](OCCCCCc2ccc3c(n2)NCCC3)C1. The monoisotopic (exact) mass is 525 g/mol. The summed E-state index contributed by atoms with van der Waals surface area (Å²) in [5.74, 6) is 0.770. The van der Waals surface area contributed by atoms with Gasteiger partial charge in [0.1, 0.15) is 17.6 Å². The first-order valence-corrected chi connectivity index (χ1v) is 14.0. The van der Waals surface area contributed by atoms with Crippen LogP contribution >= 0.6 is 0 Å². The molecular weight excluding hydrogens is 482 g/mol. The first-order chi connectivity index (χ1) is 18.4. The third kappa shape index (κ3) is 7.68. The summed E-state index contributed by atoms with van der Waals surface area (Å²) in [5, 5.41) is 13.6. The second-order valence-corrected chi connectivity index (χ2v) is 10.6. The Morgan fingerprint density at radius 2 is 2.08 bits per heavy atom. The van der Waals surface area contributed by atoms with Gasteiger partial charge >= 0.3 is 5.97 Å². The third-order valence-electron chi connectivity index (χ3n) is 7.33. The average Bonchev–Trinajstić information content (AvgIpc) is 3.37. The van der Waals surface area contributed by atoms with Gasteiger partial charge in [0.25, 0.3) is 0 Å². The molecule has 208 valence electrons. The van der Waals surface area contributed by atoms with E-state index in [1.54, 1.807) is 7.11 Å². The van der Waals surface area contributed by atoms with Crippen molar-refractivity contribution in [1.82, 2.24) is 9.88 Å². The van der Waals surface area contributed by atoms with Crippen molar-refractivity contribution < 1.29 is 24.1 Å². The number of rotatable bonds is 14. The average molecular weight is 526 g/mol. The highest BCUT2D eigenvalue weighted by Crippen LogP contribution is 2.34. The number of methoxy groups -OCH3 is 1. The van der Waals surface area contributed by atoms with E-state index in [1.165, 1.54) is 12.0 Å². The van der Waals surface area contributed by atoms with Crippen molar-refractivity contribution in [3.63, 3.8) is 0 Å². The molecule has 0 aliphatic carbocycles. The molecule has 0 radical (unpaired) electrons. The van der Waals surface area contributed by atoms with E-state index in [-0.39, 0.29) is 12.2 Å². The lowest BCUT2D eigenvalue weighted by Gasteiger charge is -2.26. The molecule has 0 bridgehead atoms. The molecule has 2 aromatic rings. The number of ether oxygens (including phenoxy) is 3. The van der Waals surface area contributed by atoms with Crippen LogP contribution in [0.5, 0.6) is 5.75 Å². The summed E-state index contributed by atoms with van der Waals surface area (Å²) in [6.07, 6.45) is 7.42. The van der Waals surface area contributed by atoms with Crippen LogP contribution in [-0.4, -0.2) is 66.5 Å². The number of hydrogen-bond acceptors (Lipinski definition) is 7. The molecule has 2 aliphatic heterocycles. The Bertz CT molecular complexity index is 1060. The predicted molar refractivity (Wildman–Crippen MR) is 148 cm³/mol. The highest BCUT2D eigenvalue weighted by molar-refractivity contribution is 5.77. The first kappa shape index (κ1) is 28.3. The van der Waals surface area contributed by atoms with Gasteiger partial charge in [0.2, 0.25) is 0 Å². The Kier molecular flexibility index (Phi) is 10.4. The van der Waals surface area contributed by atoms with Crippen LogP contribution < -0.4 is 10.1 Å². The van der Waals surface area contributed by atoms with Gasteiger partial charge in [-0.1, -0.05) is 18.6 Å². The summed E-state index contributed by atoms with van der Waals surface area (Å²) < 4.78 is 17.4. The van der Waals surface area contributed by atoms with Crippen LogP contribution in [0.4, 0.5) is 5.82 Å². The van der Waals surface area contributed by atoms with Crippen LogP contribution in [0.15, 0.2) is 30.3 Å². The number of carbonyl (C=O) groups is 1. The Morgan fingerprint density at radius 1 is 1.21 bits per heavy atom. The number of carboxylic acid groups (broad SMARTS) is 1. The fourth-order valence-electron chi connectivity index (χ4n) is 5.30. The van der Waals surface area contributed by atoms with Crippen LogP contribution in [0.25, 0.3) is 0 Å². The molecule has 1 fully saturated rings.